The quantitative estimate of drug-likeness (QED) is 0.845. The largest absolute Gasteiger partial charge is 0.493 e. The van der Waals surface area contributed by atoms with Gasteiger partial charge in [-0.1, -0.05) is 30.1 Å². The van der Waals surface area contributed by atoms with E-state index in [2.05, 4.69) is 12.2 Å². The molecule has 0 aromatic heterocycles. The van der Waals surface area contributed by atoms with Crippen molar-refractivity contribution in [2.45, 2.75) is 13.3 Å². The molecule has 1 unspecified atom stereocenters. The van der Waals surface area contributed by atoms with E-state index in [0.29, 0.717) is 22.6 Å². The maximum atomic E-state index is 5.87. The van der Waals surface area contributed by atoms with Crippen molar-refractivity contribution in [2.24, 2.45) is 5.92 Å². The van der Waals surface area contributed by atoms with Crippen LogP contribution in [-0.2, 0) is 0 Å². The van der Waals surface area contributed by atoms with E-state index in [1.807, 2.05) is 7.05 Å². The third-order valence-electron chi connectivity index (χ3n) is 2.27. The molecule has 0 spiro atoms. The van der Waals surface area contributed by atoms with Crippen LogP contribution in [0.1, 0.15) is 13.3 Å². The smallest absolute Gasteiger partial charge is 0.122 e. The highest BCUT2D eigenvalue weighted by Gasteiger charge is 2.02. The Morgan fingerprint density at radius 2 is 1.88 bits per heavy atom. The zero-order valence-electron chi connectivity index (χ0n) is 9.59. The third-order valence-corrected chi connectivity index (χ3v) is 2.70. The Morgan fingerprint density at radius 1 is 1.25 bits per heavy atom. The van der Waals surface area contributed by atoms with Crippen LogP contribution in [0, 0.1) is 5.92 Å². The first kappa shape index (κ1) is 13.6. The molecule has 0 saturated heterocycles. The molecule has 90 valence electrons. The highest BCUT2D eigenvalue weighted by molar-refractivity contribution is 6.34. The van der Waals surface area contributed by atoms with E-state index < -0.39 is 0 Å². The molecule has 16 heavy (non-hydrogen) atoms. The molecule has 1 atom stereocenters. The molecule has 1 aromatic carbocycles. The number of benzene rings is 1. The average molecular weight is 262 g/mol. The fourth-order valence-corrected chi connectivity index (χ4v) is 1.95. The third kappa shape index (κ3) is 5.06. The Bertz CT molecular complexity index is 311. The second-order valence-electron chi connectivity index (χ2n) is 3.91. The van der Waals surface area contributed by atoms with Gasteiger partial charge in [0, 0.05) is 10.0 Å². The molecule has 0 aliphatic heterocycles. The Kier molecular flexibility index (Phi) is 5.96. The highest BCUT2D eigenvalue weighted by Crippen LogP contribution is 2.24. The summed E-state index contributed by atoms with van der Waals surface area (Å²) in [5.41, 5.74) is 0. The molecule has 1 N–H and O–H groups in total. The standard InChI is InChI=1S/C12H17Cl2NO/c1-9(8-15-2)3-4-16-12-6-10(13)5-11(14)7-12/h5-7,9,15H,3-4,8H2,1-2H3. The van der Waals surface area contributed by atoms with Gasteiger partial charge in [-0.2, -0.15) is 0 Å². The Balaban J connectivity index is 2.37. The second kappa shape index (κ2) is 7.00. The van der Waals surface area contributed by atoms with Crippen molar-refractivity contribution in [2.75, 3.05) is 20.2 Å². The molecule has 0 heterocycles. The first-order valence-corrected chi connectivity index (χ1v) is 6.11. The number of ether oxygens (including phenoxy) is 1. The van der Waals surface area contributed by atoms with E-state index in [4.69, 9.17) is 27.9 Å². The lowest BCUT2D eigenvalue weighted by atomic mass is 10.1. The van der Waals surface area contributed by atoms with Gasteiger partial charge in [-0.25, -0.2) is 0 Å². The predicted octanol–water partition coefficient (Wildman–Crippen LogP) is 3.62. The monoisotopic (exact) mass is 261 g/mol. The second-order valence-corrected chi connectivity index (χ2v) is 4.78. The summed E-state index contributed by atoms with van der Waals surface area (Å²) in [5.74, 6) is 1.33. The molecule has 0 radical (unpaired) electrons. The van der Waals surface area contributed by atoms with E-state index in [1.54, 1.807) is 18.2 Å². The molecular formula is C12H17Cl2NO. The van der Waals surface area contributed by atoms with E-state index in [9.17, 15) is 0 Å². The number of nitrogens with one attached hydrogen (secondary N) is 1. The van der Waals surface area contributed by atoms with E-state index in [1.165, 1.54) is 0 Å². The van der Waals surface area contributed by atoms with Crippen LogP contribution in [0.5, 0.6) is 5.75 Å². The lowest BCUT2D eigenvalue weighted by Crippen LogP contribution is -2.18. The van der Waals surface area contributed by atoms with Crippen LogP contribution in [-0.4, -0.2) is 20.2 Å². The number of hydrogen-bond donors (Lipinski definition) is 1. The van der Waals surface area contributed by atoms with Crippen LogP contribution < -0.4 is 10.1 Å². The highest BCUT2D eigenvalue weighted by atomic mass is 35.5. The van der Waals surface area contributed by atoms with Crippen molar-refractivity contribution in [1.29, 1.82) is 0 Å². The van der Waals surface area contributed by atoms with Crippen LogP contribution in [0.15, 0.2) is 18.2 Å². The summed E-state index contributed by atoms with van der Waals surface area (Å²) in [6.07, 6.45) is 1.00. The van der Waals surface area contributed by atoms with Crippen molar-refractivity contribution in [3.63, 3.8) is 0 Å². The number of halogens is 2. The van der Waals surface area contributed by atoms with Crippen molar-refractivity contribution in [3.8, 4) is 5.75 Å². The van der Waals surface area contributed by atoms with Gasteiger partial charge in [0.05, 0.1) is 6.61 Å². The van der Waals surface area contributed by atoms with Gasteiger partial charge in [0.2, 0.25) is 0 Å². The van der Waals surface area contributed by atoms with Gasteiger partial charge in [-0.05, 0) is 44.1 Å². The van der Waals surface area contributed by atoms with Gasteiger partial charge in [0.25, 0.3) is 0 Å². The van der Waals surface area contributed by atoms with Gasteiger partial charge in [0.1, 0.15) is 5.75 Å². The molecule has 0 bridgehead atoms. The van der Waals surface area contributed by atoms with Crippen LogP contribution in [0.25, 0.3) is 0 Å². The minimum absolute atomic E-state index is 0.597. The van der Waals surface area contributed by atoms with E-state index >= 15 is 0 Å². The average Bonchev–Trinajstić information content (AvgIpc) is 2.16. The Labute approximate surface area is 107 Å². The summed E-state index contributed by atoms with van der Waals surface area (Å²) in [4.78, 5) is 0. The van der Waals surface area contributed by atoms with Crippen LogP contribution >= 0.6 is 23.2 Å². The van der Waals surface area contributed by atoms with E-state index in [0.717, 1.165) is 18.7 Å². The van der Waals surface area contributed by atoms with Crippen LogP contribution in [0.2, 0.25) is 10.0 Å². The number of hydrogen-bond acceptors (Lipinski definition) is 2. The normalized spacial score (nSPS) is 12.5. The van der Waals surface area contributed by atoms with Crippen LogP contribution in [0.3, 0.4) is 0 Å². The molecule has 0 amide bonds. The lowest BCUT2D eigenvalue weighted by molar-refractivity contribution is 0.282. The first-order valence-electron chi connectivity index (χ1n) is 5.35. The Morgan fingerprint density at radius 3 is 2.44 bits per heavy atom. The fraction of sp³-hybridized carbons (Fsp3) is 0.500. The maximum absolute atomic E-state index is 5.87. The molecule has 0 fully saturated rings. The van der Waals surface area contributed by atoms with Crippen molar-refractivity contribution in [3.05, 3.63) is 28.2 Å². The zero-order valence-corrected chi connectivity index (χ0v) is 11.1. The molecule has 2 nitrogen and oxygen atoms in total. The van der Waals surface area contributed by atoms with Gasteiger partial charge >= 0.3 is 0 Å². The molecule has 1 rings (SSSR count). The molecular weight excluding hydrogens is 245 g/mol. The summed E-state index contributed by atoms with van der Waals surface area (Å²) in [6, 6.07) is 5.24. The van der Waals surface area contributed by atoms with Gasteiger partial charge in [0.15, 0.2) is 0 Å². The fourth-order valence-electron chi connectivity index (χ4n) is 1.44. The summed E-state index contributed by atoms with van der Waals surface area (Å²) in [7, 11) is 1.95. The zero-order chi connectivity index (χ0) is 12.0. The van der Waals surface area contributed by atoms with Gasteiger partial charge in [-0.15, -0.1) is 0 Å². The van der Waals surface area contributed by atoms with Gasteiger partial charge in [-0.3, -0.25) is 0 Å². The van der Waals surface area contributed by atoms with E-state index in [-0.39, 0.29) is 0 Å². The van der Waals surface area contributed by atoms with Gasteiger partial charge < -0.3 is 10.1 Å². The maximum Gasteiger partial charge on any atom is 0.122 e. The lowest BCUT2D eigenvalue weighted by Gasteiger charge is -2.12. The minimum atomic E-state index is 0.597. The molecule has 0 aliphatic carbocycles. The summed E-state index contributed by atoms with van der Waals surface area (Å²) < 4.78 is 5.59. The summed E-state index contributed by atoms with van der Waals surface area (Å²) in [5, 5.41) is 4.34. The minimum Gasteiger partial charge on any atom is -0.493 e. The van der Waals surface area contributed by atoms with Crippen molar-refractivity contribution < 1.29 is 4.74 Å². The topological polar surface area (TPSA) is 21.3 Å². The molecule has 1 aromatic rings. The Hall–Kier alpha value is -0.440. The predicted molar refractivity (Wildman–Crippen MR) is 69.7 cm³/mol. The number of rotatable bonds is 6. The summed E-state index contributed by atoms with van der Waals surface area (Å²) >= 11 is 11.7. The summed E-state index contributed by atoms with van der Waals surface area (Å²) in [6.45, 7) is 3.87. The van der Waals surface area contributed by atoms with Crippen LogP contribution in [0.4, 0.5) is 0 Å². The molecule has 0 saturated carbocycles. The molecule has 0 aliphatic rings. The van der Waals surface area contributed by atoms with Crippen molar-refractivity contribution >= 4 is 23.2 Å². The van der Waals surface area contributed by atoms with Crippen molar-refractivity contribution in [1.82, 2.24) is 5.32 Å². The SMILES string of the molecule is CNCC(C)CCOc1cc(Cl)cc(Cl)c1. The molecule has 4 heteroatoms. The first-order chi connectivity index (χ1) is 7.61.